The third-order valence-corrected chi connectivity index (χ3v) is 7.29. The highest BCUT2D eigenvalue weighted by atomic mass is 14.2. The van der Waals surface area contributed by atoms with Gasteiger partial charge >= 0.3 is 0 Å². The van der Waals surface area contributed by atoms with E-state index in [2.05, 4.69) is 142 Å². The number of benzene rings is 5. The molecule has 0 nitrogen and oxygen atoms in total. The van der Waals surface area contributed by atoms with Gasteiger partial charge in [0, 0.05) is 5.92 Å². The predicted octanol–water partition coefficient (Wildman–Crippen LogP) is 9.77. The summed E-state index contributed by atoms with van der Waals surface area (Å²) in [7, 11) is 0. The minimum Gasteiger partial charge on any atom is -0.0645 e. The van der Waals surface area contributed by atoms with Gasteiger partial charge in [0.25, 0.3) is 0 Å². The Bertz CT molecular complexity index is 1420. The van der Waals surface area contributed by atoms with Crippen molar-refractivity contribution in [3.05, 3.63) is 155 Å². The van der Waals surface area contributed by atoms with Crippen molar-refractivity contribution in [1.82, 2.24) is 0 Å². The molecule has 1 atom stereocenters. The lowest BCUT2D eigenvalue weighted by molar-refractivity contribution is 0.778. The Morgan fingerprint density at radius 3 is 1.83 bits per heavy atom. The quantitative estimate of drug-likeness (QED) is 0.224. The van der Waals surface area contributed by atoms with Gasteiger partial charge in [-0.05, 0) is 76.8 Å². The van der Waals surface area contributed by atoms with Crippen LogP contribution in [-0.4, -0.2) is 0 Å². The third-order valence-electron chi connectivity index (χ3n) is 7.29. The Labute approximate surface area is 216 Å². The average Bonchev–Trinajstić information content (AvgIpc) is 2.92. The van der Waals surface area contributed by atoms with Gasteiger partial charge in [0.05, 0.1) is 0 Å². The summed E-state index contributed by atoms with van der Waals surface area (Å²) in [6.45, 7) is 6.65. The average molecular weight is 467 g/mol. The fourth-order valence-electron chi connectivity index (χ4n) is 5.24. The maximum Gasteiger partial charge on any atom is 0.00928 e. The van der Waals surface area contributed by atoms with E-state index in [1.165, 1.54) is 55.6 Å². The topological polar surface area (TPSA) is 0 Å². The molecule has 5 aromatic carbocycles. The first kappa shape index (κ1) is 23.8. The van der Waals surface area contributed by atoms with Crippen molar-refractivity contribution in [2.45, 2.75) is 39.5 Å². The molecule has 0 N–H and O–H groups in total. The Morgan fingerprint density at radius 1 is 0.556 bits per heavy atom. The molecule has 36 heavy (non-hydrogen) atoms. The fourth-order valence-corrected chi connectivity index (χ4v) is 5.24. The van der Waals surface area contributed by atoms with Crippen LogP contribution in [0, 0.1) is 13.8 Å². The molecule has 0 heterocycles. The summed E-state index contributed by atoms with van der Waals surface area (Å²) < 4.78 is 0. The standard InChI is InChI=1S/C36H34/c1-4-33(32-11-6-5-7-12-32)35-23-18-29(25-36(35)34-13-9-8-10-27(34)3)24-28-16-21-31(22-17-28)30-19-14-26(2)15-20-30/h5-23,25,33H,4,24H2,1-3H3. The summed E-state index contributed by atoms with van der Waals surface area (Å²) in [5, 5.41) is 0. The lowest BCUT2D eigenvalue weighted by Crippen LogP contribution is -2.04. The Balaban J connectivity index is 1.50. The van der Waals surface area contributed by atoms with Crippen LogP contribution in [0.1, 0.15) is 52.6 Å². The molecular formula is C36H34. The molecule has 0 bridgehead atoms. The van der Waals surface area contributed by atoms with Crippen molar-refractivity contribution < 1.29 is 0 Å². The summed E-state index contributed by atoms with van der Waals surface area (Å²) >= 11 is 0. The van der Waals surface area contributed by atoms with Crippen LogP contribution in [0.15, 0.2) is 121 Å². The van der Waals surface area contributed by atoms with E-state index in [9.17, 15) is 0 Å². The molecule has 0 aliphatic rings. The van der Waals surface area contributed by atoms with Gasteiger partial charge in [-0.15, -0.1) is 0 Å². The molecule has 0 heteroatoms. The molecular weight excluding hydrogens is 432 g/mol. The zero-order chi connectivity index (χ0) is 24.9. The molecule has 5 aromatic rings. The summed E-state index contributed by atoms with van der Waals surface area (Å²) in [5.74, 6) is 0.378. The smallest absolute Gasteiger partial charge is 0.00928 e. The van der Waals surface area contributed by atoms with Crippen molar-refractivity contribution in [1.29, 1.82) is 0 Å². The molecule has 0 aliphatic heterocycles. The monoisotopic (exact) mass is 466 g/mol. The second kappa shape index (κ2) is 10.8. The highest BCUT2D eigenvalue weighted by molar-refractivity contribution is 5.73. The van der Waals surface area contributed by atoms with E-state index in [1.807, 2.05) is 0 Å². The second-order valence-corrected chi connectivity index (χ2v) is 9.85. The normalized spacial score (nSPS) is 11.9. The van der Waals surface area contributed by atoms with Crippen molar-refractivity contribution in [2.24, 2.45) is 0 Å². The van der Waals surface area contributed by atoms with Crippen LogP contribution in [0.2, 0.25) is 0 Å². The summed E-state index contributed by atoms with van der Waals surface area (Å²) in [5.41, 5.74) is 13.3. The van der Waals surface area contributed by atoms with E-state index in [0.717, 1.165) is 12.8 Å². The van der Waals surface area contributed by atoms with Crippen molar-refractivity contribution in [2.75, 3.05) is 0 Å². The molecule has 0 fully saturated rings. The number of rotatable bonds is 7. The van der Waals surface area contributed by atoms with Gasteiger partial charge < -0.3 is 0 Å². The predicted molar refractivity (Wildman–Crippen MR) is 155 cm³/mol. The van der Waals surface area contributed by atoms with Crippen LogP contribution in [0.3, 0.4) is 0 Å². The first-order valence-electron chi connectivity index (χ1n) is 13.0. The lowest BCUT2D eigenvalue weighted by atomic mass is 9.82. The van der Waals surface area contributed by atoms with E-state index >= 15 is 0 Å². The van der Waals surface area contributed by atoms with Crippen LogP contribution >= 0.6 is 0 Å². The van der Waals surface area contributed by atoms with E-state index in [0.29, 0.717) is 5.92 Å². The highest BCUT2D eigenvalue weighted by Crippen LogP contribution is 2.37. The molecule has 5 rings (SSSR count). The lowest BCUT2D eigenvalue weighted by Gasteiger charge is -2.22. The van der Waals surface area contributed by atoms with E-state index in [1.54, 1.807) is 0 Å². The molecule has 0 saturated carbocycles. The minimum absolute atomic E-state index is 0.378. The molecule has 0 saturated heterocycles. The largest absolute Gasteiger partial charge is 0.0645 e. The van der Waals surface area contributed by atoms with E-state index in [4.69, 9.17) is 0 Å². The first-order valence-corrected chi connectivity index (χ1v) is 13.0. The molecule has 0 amide bonds. The highest BCUT2D eigenvalue weighted by Gasteiger charge is 2.18. The Kier molecular flexibility index (Phi) is 7.14. The van der Waals surface area contributed by atoms with Crippen LogP contribution in [0.25, 0.3) is 22.3 Å². The van der Waals surface area contributed by atoms with Crippen molar-refractivity contribution >= 4 is 0 Å². The molecule has 0 aliphatic carbocycles. The van der Waals surface area contributed by atoms with Crippen LogP contribution in [-0.2, 0) is 6.42 Å². The van der Waals surface area contributed by atoms with Gasteiger partial charge in [-0.1, -0.05) is 134 Å². The van der Waals surface area contributed by atoms with Gasteiger partial charge in [-0.2, -0.15) is 0 Å². The molecule has 1 unspecified atom stereocenters. The number of hydrogen-bond acceptors (Lipinski definition) is 0. The van der Waals surface area contributed by atoms with E-state index in [-0.39, 0.29) is 0 Å². The van der Waals surface area contributed by atoms with E-state index < -0.39 is 0 Å². The van der Waals surface area contributed by atoms with Gasteiger partial charge in [0.1, 0.15) is 0 Å². The minimum atomic E-state index is 0.378. The first-order chi connectivity index (χ1) is 17.6. The maximum absolute atomic E-state index is 2.43. The zero-order valence-corrected chi connectivity index (χ0v) is 21.5. The summed E-state index contributed by atoms with van der Waals surface area (Å²) in [6.07, 6.45) is 2.00. The van der Waals surface area contributed by atoms with Gasteiger partial charge in [-0.25, -0.2) is 0 Å². The SMILES string of the molecule is CCC(c1ccccc1)c1ccc(Cc2ccc(-c3ccc(C)cc3)cc2)cc1-c1ccccc1C. The summed E-state index contributed by atoms with van der Waals surface area (Å²) in [4.78, 5) is 0. The number of aryl methyl sites for hydroxylation is 2. The third kappa shape index (κ3) is 5.19. The van der Waals surface area contributed by atoms with Gasteiger partial charge in [0.2, 0.25) is 0 Å². The van der Waals surface area contributed by atoms with Crippen LogP contribution in [0.5, 0.6) is 0 Å². The molecule has 0 aromatic heterocycles. The molecule has 0 spiro atoms. The maximum atomic E-state index is 2.43. The van der Waals surface area contributed by atoms with Gasteiger partial charge in [-0.3, -0.25) is 0 Å². The fraction of sp³-hybridized carbons (Fsp3) is 0.167. The number of hydrogen-bond donors (Lipinski definition) is 0. The summed E-state index contributed by atoms with van der Waals surface area (Å²) in [6, 6.07) is 44.7. The van der Waals surface area contributed by atoms with Crippen LogP contribution in [0.4, 0.5) is 0 Å². The second-order valence-electron chi connectivity index (χ2n) is 9.85. The Hall–Kier alpha value is -3.90. The van der Waals surface area contributed by atoms with Crippen molar-refractivity contribution in [3.8, 4) is 22.3 Å². The van der Waals surface area contributed by atoms with Gasteiger partial charge in [0.15, 0.2) is 0 Å². The Morgan fingerprint density at radius 2 is 1.17 bits per heavy atom. The molecule has 0 radical (unpaired) electrons. The molecule has 178 valence electrons. The van der Waals surface area contributed by atoms with Crippen molar-refractivity contribution in [3.63, 3.8) is 0 Å². The van der Waals surface area contributed by atoms with Crippen LogP contribution < -0.4 is 0 Å². The zero-order valence-electron chi connectivity index (χ0n) is 21.5.